The predicted octanol–water partition coefficient (Wildman–Crippen LogP) is 1.20. The second-order valence-corrected chi connectivity index (χ2v) is 4.82. The summed E-state index contributed by atoms with van der Waals surface area (Å²) in [6, 6.07) is 9.50. The van der Waals surface area contributed by atoms with Crippen molar-refractivity contribution in [2.75, 3.05) is 25.0 Å². The lowest BCUT2D eigenvalue weighted by Crippen LogP contribution is -2.41. The summed E-state index contributed by atoms with van der Waals surface area (Å²) in [6.07, 6.45) is 2.10. The van der Waals surface area contributed by atoms with Gasteiger partial charge < -0.3 is 14.9 Å². The molecular formula is C14H18N2O3. The van der Waals surface area contributed by atoms with E-state index in [0.29, 0.717) is 6.04 Å². The number of benzene rings is 1. The first-order valence-corrected chi connectivity index (χ1v) is 6.35. The van der Waals surface area contributed by atoms with E-state index in [2.05, 4.69) is 0 Å². The van der Waals surface area contributed by atoms with E-state index in [9.17, 15) is 9.59 Å². The van der Waals surface area contributed by atoms with Crippen molar-refractivity contribution in [3.05, 3.63) is 30.3 Å². The first kappa shape index (κ1) is 13.4. The van der Waals surface area contributed by atoms with Crippen LogP contribution in [-0.4, -0.2) is 48.1 Å². The molecule has 2 rings (SSSR count). The second kappa shape index (κ2) is 5.73. The summed E-state index contributed by atoms with van der Waals surface area (Å²) in [7, 11) is 1.78. The molecule has 0 saturated heterocycles. The number of rotatable bonds is 6. The molecule has 5 nitrogen and oxygen atoms in total. The van der Waals surface area contributed by atoms with Gasteiger partial charge in [0.05, 0.1) is 6.54 Å². The highest BCUT2D eigenvalue weighted by Gasteiger charge is 2.30. The number of carbonyl (C=O) groups excluding carboxylic acids is 1. The molecule has 19 heavy (non-hydrogen) atoms. The van der Waals surface area contributed by atoms with Gasteiger partial charge in [-0.05, 0) is 25.0 Å². The van der Waals surface area contributed by atoms with Gasteiger partial charge in [-0.25, -0.2) is 0 Å². The fourth-order valence-corrected chi connectivity index (χ4v) is 1.98. The van der Waals surface area contributed by atoms with Gasteiger partial charge in [-0.1, -0.05) is 18.2 Å². The number of aliphatic carboxylic acids is 1. The Bertz CT molecular complexity index is 457. The van der Waals surface area contributed by atoms with Crippen LogP contribution in [0.4, 0.5) is 5.69 Å². The van der Waals surface area contributed by atoms with Crippen molar-refractivity contribution in [3.63, 3.8) is 0 Å². The van der Waals surface area contributed by atoms with Crippen molar-refractivity contribution in [2.24, 2.45) is 0 Å². The van der Waals surface area contributed by atoms with Crippen molar-refractivity contribution in [2.45, 2.75) is 18.9 Å². The lowest BCUT2D eigenvalue weighted by Gasteiger charge is -2.25. The molecule has 1 aromatic rings. The number of carboxylic acid groups (broad SMARTS) is 1. The van der Waals surface area contributed by atoms with E-state index in [0.717, 1.165) is 18.5 Å². The SMILES string of the molecule is CN(C(=O)CN(CC(=O)O)c1ccccc1)C1CC1. The summed E-state index contributed by atoms with van der Waals surface area (Å²) < 4.78 is 0. The molecule has 1 amide bonds. The minimum Gasteiger partial charge on any atom is -0.480 e. The number of hydrogen-bond donors (Lipinski definition) is 1. The third-order valence-electron chi connectivity index (χ3n) is 3.26. The molecule has 0 heterocycles. The Kier molecular flexibility index (Phi) is 4.04. The van der Waals surface area contributed by atoms with Crippen molar-refractivity contribution < 1.29 is 14.7 Å². The fraction of sp³-hybridized carbons (Fsp3) is 0.429. The molecule has 0 aliphatic heterocycles. The van der Waals surface area contributed by atoms with Gasteiger partial charge in [-0.2, -0.15) is 0 Å². The van der Waals surface area contributed by atoms with Crippen LogP contribution >= 0.6 is 0 Å². The van der Waals surface area contributed by atoms with E-state index < -0.39 is 5.97 Å². The van der Waals surface area contributed by atoms with Crippen molar-refractivity contribution in [3.8, 4) is 0 Å². The lowest BCUT2D eigenvalue weighted by atomic mass is 10.2. The minimum absolute atomic E-state index is 0.0346. The number of carbonyl (C=O) groups is 2. The first-order valence-electron chi connectivity index (χ1n) is 6.35. The zero-order chi connectivity index (χ0) is 13.8. The maximum absolute atomic E-state index is 12.1. The summed E-state index contributed by atoms with van der Waals surface area (Å²) in [5, 5.41) is 8.95. The molecule has 1 aliphatic carbocycles. The zero-order valence-electron chi connectivity index (χ0n) is 11.0. The molecule has 0 radical (unpaired) electrons. The highest BCUT2D eigenvalue weighted by atomic mass is 16.4. The maximum Gasteiger partial charge on any atom is 0.323 e. The summed E-state index contributed by atoms with van der Waals surface area (Å²) in [5.41, 5.74) is 0.752. The molecule has 0 aromatic heterocycles. The number of anilines is 1. The van der Waals surface area contributed by atoms with Crippen molar-refractivity contribution in [1.82, 2.24) is 4.90 Å². The fourth-order valence-electron chi connectivity index (χ4n) is 1.98. The molecule has 0 atom stereocenters. The molecule has 1 N–H and O–H groups in total. The Morgan fingerprint density at radius 2 is 1.84 bits per heavy atom. The van der Waals surface area contributed by atoms with E-state index in [1.54, 1.807) is 16.8 Å². The highest BCUT2D eigenvalue weighted by Crippen LogP contribution is 2.25. The quantitative estimate of drug-likeness (QED) is 0.836. The Balaban J connectivity index is 2.05. The lowest BCUT2D eigenvalue weighted by molar-refractivity contribution is -0.135. The number of carboxylic acids is 1. The molecule has 1 saturated carbocycles. The third kappa shape index (κ3) is 3.71. The van der Waals surface area contributed by atoms with Crippen LogP contribution in [0.25, 0.3) is 0 Å². The Morgan fingerprint density at radius 3 is 2.37 bits per heavy atom. The van der Waals surface area contributed by atoms with Crippen molar-refractivity contribution in [1.29, 1.82) is 0 Å². The first-order chi connectivity index (χ1) is 9.08. The van der Waals surface area contributed by atoms with E-state index in [-0.39, 0.29) is 19.0 Å². The average molecular weight is 262 g/mol. The van der Waals surface area contributed by atoms with Gasteiger partial charge >= 0.3 is 5.97 Å². The molecule has 0 spiro atoms. The summed E-state index contributed by atoms with van der Waals surface area (Å²) >= 11 is 0. The zero-order valence-corrected chi connectivity index (χ0v) is 11.0. The van der Waals surface area contributed by atoms with E-state index in [4.69, 9.17) is 5.11 Å². The smallest absolute Gasteiger partial charge is 0.323 e. The number of likely N-dealkylation sites (N-methyl/N-ethyl adjacent to an activating group) is 1. The largest absolute Gasteiger partial charge is 0.480 e. The van der Waals surface area contributed by atoms with Gasteiger partial charge in [0.25, 0.3) is 0 Å². The van der Waals surface area contributed by atoms with E-state index in [1.165, 1.54) is 0 Å². The van der Waals surface area contributed by atoms with Crippen LogP contribution in [0.3, 0.4) is 0 Å². The Labute approximate surface area is 112 Å². The van der Waals surface area contributed by atoms with Crippen molar-refractivity contribution >= 4 is 17.6 Å². The topological polar surface area (TPSA) is 60.9 Å². The van der Waals surface area contributed by atoms with Gasteiger partial charge in [0.2, 0.25) is 5.91 Å². The van der Waals surface area contributed by atoms with Gasteiger partial charge in [0, 0.05) is 18.8 Å². The normalized spacial score (nSPS) is 13.9. The van der Waals surface area contributed by atoms with Gasteiger partial charge in [-0.3, -0.25) is 9.59 Å². The van der Waals surface area contributed by atoms with Crippen LogP contribution in [0.2, 0.25) is 0 Å². The monoisotopic (exact) mass is 262 g/mol. The molecule has 5 heteroatoms. The van der Waals surface area contributed by atoms with E-state index in [1.807, 2.05) is 30.3 Å². The number of amides is 1. The standard InChI is InChI=1S/C14H18N2O3/c1-15(11-7-8-11)13(17)9-16(10-14(18)19)12-5-3-2-4-6-12/h2-6,11H,7-10H2,1H3,(H,18,19). The van der Waals surface area contributed by atoms with E-state index >= 15 is 0 Å². The molecule has 1 fully saturated rings. The molecule has 1 aliphatic rings. The highest BCUT2D eigenvalue weighted by molar-refractivity contribution is 5.84. The summed E-state index contributed by atoms with van der Waals surface area (Å²) in [5.74, 6) is -0.974. The molecule has 0 bridgehead atoms. The van der Waals surface area contributed by atoms with Gasteiger partial charge in [0.15, 0.2) is 0 Å². The van der Waals surface area contributed by atoms with Crippen LogP contribution in [-0.2, 0) is 9.59 Å². The van der Waals surface area contributed by atoms with Crippen LogP contribution < -0.4 is 4.90 Å². The number of nitrogens with zero attached hydrogens (tertiary/aromatic N) is 2. The van der Waals surface area contributed by atoms with Gasteiger partial charge in [-0.15, -0.1) is 0 Å². The molecule has 102 valence electrons. The summed E-state index contributed by atoms with van der Waals surface area (Å²) in [6.45, 7) is -0.0719. The molecule has 1 aromatic carbocycles. The average Bonchev–Trinajstić information content (AvgIpc) is 3.22. The van der Waals surface area contributed by atoms with Crippen LogP contribution in [0, 0.1) is 0 Å². The van der Waals surface area contributed by atoms with Gasteiger partial charge in [0.1, 0.15) is 6.54 Å². The number of para-hydroxylation sites is 1. The van der Waals surface area contributed by atoms with Crippen LogP contribution in [0.1, 0.15) is 12.8 Å². The predicted molar refractivity (Wildman–Crippen MR) is 72.1 cm³/mol. The molecular weight excluding hydrogens is 244 g/mol. The molecule has 0 unspecified atom stereocenters. The Morgan fingerprint density at radius 1 is 1.21 bits per heavy atom. The van der Waals surface area contributed by atoms with Crippen LogP contribution in [0.15, 0.2) is 30.3 Å². The maximum atomic E-state index is 12.1. The summed E-state index contributed by atoms with van der Waals surface area (Å²) in [4.78, 5) is 26.3. The second-order valence-electron chi connectivity index (χ2n) is 4.82. The minimum atomic E-state index is -0.939. The third-order valence-corrected chi connectivity index (χ3v) is 3.26. The Hall–Kier alpha value is -2.04. The number of hydrogen-bond acceptors (Lipinski definition) is 3. The van der Waals surface area contributed by atoms with Crippen LogP contribution in [0.5, 0.6) is 0 Å².